The average Bonchev–Trinajstić information content (AvgIpc) is 2.46. The normalized spacial score (nSPS) is 15.0. The summed E-state index contributed by atoms with van der Waals surface area (Å²) >= 11 is 0. The number of nitrogens with one attached hydrogen (secondary N) is 3. The Bertz CT molecular complexity index is 3670. The standard InChI is InChI=1S/C33H41N5O3.C25H31N3O2.C8H12N2O2.ClH/c1-21-18-30(41-6)28(33(40)35-21)20-34-32(39)27-19-29-26(24-10-8-7-9-11-24)14-17-38(29)31(22(27)2)23(3)37-15-12-25(13-16-37)36(4)5;1-17-22(25(29)30)16-23-21(19-8-6-5-7-9-19)12-15-28(23)24(17)18(2)27-13-10-20(11-14-27)26(3)4;1-5-3-7(12-2)6(4-9)8(11)10-5;/h7-11,14,17-19,23,25H,12-13,15-16,20H2,1-6H3,(H,34,39)(H,35,40);5-9,12,15-16,18,20H,10-11,13-14H2,1-4H3,(H,29,30);3H,4,9H2,1-2H3,(H,10,11);1H. The fourth-order valence-electron chi connectivity index (χ4n) is 12.2. The molecule has 0 aliphatic carbocycles. The van der Waals surface area contributed by atoms with Gasteiger partial charge in [0.15, 0.2) is 0 Å². The van der Waals surface area contributed by atoms with Crippen LogP contribution in [0.4, 0.5) is 0 Å². The molecule has 8 aromatic rings. The van der Waals surface area contributed by atoms with Crippen LogP contribution in [0.25, 0.3) is 33.3 Å². The Hall–Kier alpha value is -7.51. The van der Waals surface area contributed by atoms with Gasteiger partial charge in [-0.25, -0.2) is 4.79 Å². The monoisotopic (exact) mass is 1160 g/mol. The van der Waals surface area contributed by atoms with Crippen LogP contribution in [0.15, 0.2) is 119 Å². The zero-order valence-corrected chi connectivity index (χ0v) is 51.7. The highest BCUT2D eigenvalue weighted by Crippen LogP contribution is 2.37. The lowest BCUT2D eigenvalue weighted by Gasteiger charge is -2.39. The molecule has 2 atom stereocenters. The molecule has 8 heterocycles. The molecular weight excluding hydrogens is 1080 g/mol. The number of hydrogen-bond acceptors (Lipinski definition) is 11. The molecule has 2 aromatic carbocycles. The number of H-pyrrole nitrogens is 2. The number of halogens is 1. The van der Waals surface area contributed by atoms with Crippen LogP contribution in [0.5, 0.6) is 11.5 Å². The number of carbonyl (C=O) groups is 2. The molecule has 2 aliphatic heterocycles. The lowest BCUT2D eigenvalue weighted by atomic mass is 9.96. The fourth-order valence-corrected chi connectivity index (χ4v) is 12.2. The van der Waals surface area contributed by atoms with Gasteiger partial charge in [0.05, 0.1) is 48.5 Å². The number of aryl methyl sites for hydroxylation is 2. The van der Waals surface area contributed by atoms with E-state index >= 15 is 0 Å². The number of aromatic amines is 2. The summed E-state index contributed by atoms with van der Waals surface area (Å²) in [6.07, 6.45) is 8.73. The number of ether oxygens (including phenoxy) is 2. The minimum absolute atomic E-state index is 0. The number of aromatic nitrogens is 4. The third-order valence-electron chi connectivity index (χ3n) is 17.0. The molecule has 2 fully saturated rings. The highest BCUT2D eigenvalue weighted by Gasteiger charge is 2.31. The lowest BCUT2D eigenvalue weighted by molar-refractivity contribution is 0.0695. The number of benzene rings is 2. The molecule has 448 valence electrons. The Kier molecular flexibility index (Phi) is 21.6. The van der Waals surface area contributed by atoms with Crippen LogP contribution in [0.1, 0.15) is 117 Å². The number of nitrogens with two attached hydrogens (primary N) is 1. The van der Waals surface area contributed by atoms with Gasteiger partial charge in [-0.15, -0.1) is 12.4 Å². The average molecular weight is 1170 g/mol. The third-order valence-corrected chi connectivity index (χ3v) is 17.0. The molecule has 0 radical (unpaired) electrons. The smallest absolute Gasteiger partial charge is 0.336 e. The number of carboxylic acid groups (broad SMARTS) is 1. The van der Waals surface area contributed by atoms with E-state index in [4.69, 9.17) is 15.2 Å². The van der Waals surface area contributed by atoms with Crippen molar-refractivity contribution in [2.75, 3.05) is 68.6 Å². The van der Waals surface area contributed by atoms with Gasteiger partial charge in [-0.1, -0.05) is 60.7 Å². The van der Waals surface area contributed by atoms with E-state index in [0.29, 0.717) is 51.5 Å². The lowest BCUT2D eigenvalue weighted by Crippen LogP contribution is -2.43. The second-order valence-corrected chi connectivity index (χ2v) is 22.5. The van der Waals surface area contributed by atoms with Gasteiger partial charge >= 0.3 is 5.97 Å². The summed E-state index contributed by atoms with van der Waals surface area (Å²) in [5, 5.41) is 12.9. The first-order chi connectivity index (χ1) is 39.8. The number of hydrogen-bond donors (Lipinski definition) is 5. The number of aromatic carboxylic acids is 1. The molecule has 0 spiro atoms. The summed E-state index contributed by atoms with van der Waals surface area (Å²) in [4.78, 5) is 64.9. The number of carbonyl (C=O) groups excluding carboxylic acids is 1. The molecule has 84 heavy (non-hydrogen) atoms. The van der Waals surface area contributed by atoms with Crippen LogP contribution in [0, 0.1) is 27.7 Å². The van der Waals surface area contributed by atoms with Gasteiger partial charge in [0, 0.05) is 109 Å². The van der Waals surface area contributed by atoms with E-state index in [1.807, 2.05) is 62.4 Å². The predicted octanol–water partition coefficient (Wildman–Crippen LogP) is 10.2. The van der Waals surface area contributed by atoms with Crippen LogP contribution in [0.3, 0.4) is 0 Å². The van der Waals surface area contributed by atoms with E-state index < -0.39 is 5.97 Å². The molecule has 2 saturated heterocycles. The van der Waals surface area contributed by atoms with Crippen LogP contribution in [-0.4, -0.2) is 136 Å². The van der Waals surface area contributed by atoms with Gasteiger partial charge in [0.1, 0.15) is 11.5 Å². The molecule has 6 aromatic heterocycles. The van der Waals surface area contributed by atoms with Gasteiger partial charge in [-0.05, 0) is 154 Å². The Morgan fingerprint density at radius 3 is 1.42 bits per heavy atom. The highest BCUT2D eigenvalue weighted by molar-refractivity contribution is 5.99. The van der Waals surface area contributed by atoms with Gasteiger partial charge in [0.25, 0.3) is 17.0 Å². The molecule has 1 amide bonds. The number of nitrogens with zero attached hydrogens (tertiary/aromatic N) is 6. The van der Waals surface area contributed by atoms with Gasteiger partial charge in [0.2, 0.25) is 0 Å². The molecule has 6 N–H and O–H groups in total. The minimum atomic E-state index is -0.866. The Morgan fingerprint density at radius 2 is 1.02 bits per heavy atom. The number of piperidine rings is 2. The first kappa shape index (κ1) is 64.1. The van der Waals surface area contributed by atoms with Crippen molar-refractivity contribution in [3.63, 3.8) is 0 Å². The first-order valence-corrected chi connectivity index (χ1v) is 28.7. The van der Waals surface area contributed by atoms with E-state index in [1.54, 1.807) is 26.0 Å². The minimum Gasteiger partial charge on any atom is -0.496 e. The number of amides is 1. The summed E-state index contributed by atoms with van der Waals surface area (Å²) in [5.74, 6) is -0.0622. The third kappa shape index (κ3) is 14.0. The van der Waals surface area contributed by atoms with E-state index in [-0.39, 0.29) is 54.6 Å². The number of pyridine rings is 4. The SMILES string of the molecule is COc1cc(C)[nH]c(=O)c1CN.COc1cc(C)[nH]c(=O)c1CNC(=O)c1cc2c(-c3ccccc3)ccn2c(C(C)N2CCC(N(C)C)CC2)c1C.Cc1c(C(=O)O)cc2c(-c3ccccc3)ccn2c1C(C)N1CCC(N(C)C)CC1.Cl. The van der Waals surface area contributed by atoms with Gasteiger partial charge in [-0.3, -0.25) is 24.2 Å². The van der Waals surface area contributed by atoms with Crippen LogP contribution in [-0.2, 0) is 13.1 Å². The van der Waals surface area contributed by atoms with Crippen molar-refractivity contribution >= 4 is 35.3 Å². The maximum absolute atomic E-state index is 13.8. The van der Waals surface area contributed by atoms with Crippen LogP contribution >= 0.6 is 12.4 Å². The quantitative estimate of drug-likeness (QED) is 0.0652. The highest BCUT2D eigenvalue weighted by atomic mass is 35.5. The fraction of sp³-hybridized carbons (Fsp3) is 0.394. The second-order valence-electron chi connectivity index (χ2n) is 22.5. The summed E-state index contributed by atoms with van der Waals surface area (Å²) in [6, 6.07) is 33.5. The summed E-state index contributed by atoms with van der Waals surface area (Å²) in [7, 11) is 11.7. The number of rotatable bonds is 15. The van der Waals surface area contributed by atoms with Gasteiger partial charge < -0.3 is 54.2 Å². The maximum Gasteiger partial charge on any atom is 0.336 e. The molecule has 0 bridgehead atoms. The predicted molar refractivity (Wildman–Crippen MR) is 339 cm³/mol. The molecule has 2 unspecified atom stereocenters. The van der Waals surface area contributed by atoms with Crippen LogP contribution in [0.2, 0.25) is 0 Å². The van der Waals surface area contributed by atoms with E-state index in [2.05, 4.69) is 135 Å². The van der Waals surface area contributed by atoms with Crippen molar-refractivity contribution in [2.24, 2.45) is 5.73 Å². The van der Waals surface area contributed by atoms with Crippen LogP contribution < -0.4 is 31.6 Å². The second kappa shape index (κ2) is 28.4. The molecule has 10 rings (SSSR count). The molecule has 18 heteroatoms. The molecule has 2 aliphatic rings. The number of carboxylic acids is 1. The van der Waals surface area contributed by atoms with Crippen molar-refractivity contribution in [3.8, 4) is 33.8 Å². The summed E-state index contributed by atoms with van der Waals surface area (Å²) < 4.78 is 14.9. The van der Waals surface area contributed by atoms with Crippen molar-refractivity contribution in [1.29, 1.82) is 0 Å². The molecular formula is C66H85ClN10O7. The zero-order valence-electron chi connectivity index (χ0n) is 50.8. The summed E-state index contributed by atoms with van der Waals surface area (Å²) in [5.41, 5.74) is 18.6. The number of methoxy groups -OCH3 is 2. The Morgan fingerprint density at radius 1 is 0.631 bits per heavy atom. The van der Waals surface area contributed by atoms with Crippen molar-refractivity contribution < 1.29 is 24.2 Å². The van der Waals surface area contributed by atoms with Crippen molar-refractivity contribution in [2.45, 2.75) is 104 Å². The van der Waals surface area contributed by atoms with Crippen molar-refractivity contribution in [1.82, 2.24) is 43.7 Å². The molecule has 0 saturated carbocycles. The maximum atomic E-state index is 13.8. The topological polar surface area (TPSA) is 198 Å². The van der Waals surface area contributed by atoms with E-state index in [9.17, 15) is 24.3 Å². The molecule has 17 nitrogen and oxygen atoms in total. The number of likely N-dealkylation sites (tertiary alicyclic amines) is 2. The van der Waals surface area contributed by atoms with Gasteiger partial charge in [-0.2, -0.15) is 0 Å². The Balaban J connectivity index is 0.000000205. The Labute approximate surface area is 499 Å². The van der Waals surface area contributed by atoms with E-state index in [0.717, 1.165) is 113 Å². The zero-order chi connectivity index (χ0) is 59.8. The largest absolute Gasteiger partial charge is 0.496 e. The number of fused-ring (bicyclic) bond motifs is 2. The summed E-state index contributed by atoms with van der Waals surface area (Å²) in [6.45, 7) is 16.4. The van der Waals surface area contributed by atoms with E-state index in [1.165, 1.54) is 14.2 Å². The first-order valence-electron chi connectivity index (χ1n) is 28.7. The van der Waals surface area contributed by atoms with Crippen molar-refractivity contribution in [3.05, 3.63) is 186 Å².